The molecule has 0 radical (unpaired) electrons. The number of nitrogens with two attached hydrogens (primary N) is 1. The van der Waals surface area contributed by atoms with Crippen molar-refractivity contribution < 1.29 is 23.9 Å². The van der Waals surface area contributed by atoms with Crippen LogP contribution in [0.1, 0.15) is 98.1 Å². The van der Waals surface area contributed by atoms with Gasteiger partial charge in [-0.2, -0.15) is 0 Å². The minimum absolute atomic E-state index is 0.0803. The molecule has 2 aromatic carbocycles. The molecule has 4 rings (SSSR count). The van der Waals surface area contributed by atoms with Gasteiger partial charge in [0.05, 0.1) is 0 Å². The van der Waals surface area contributed by atoms with Crippen LogP contribution in [0, 0.1) is 0 Å². The summed E-state index contributed by atoms with van der Waals surface area (Å²) in [6.45, 7) is 16.1. The molecule has 0 unspecified atom stereocenters. The Morgan fingerprint density at radius 3 is 1.34 bits per heavy atom. The van der Waals surface area contributed by atoms with E-state index in [0.29, 0.717) is 44.2 Å². The van der Waals surface area contributed by atoms with Crippen LogP contribution in [0.3, 0.4) is 0 Å². The van der Waals surface area contributed by atoms with E-state index in [1.54, 1.807) is 16.7 Å². The first-order valence-corrected chi connectivity index (χ1v) is 17.3. The number of carbonyl (C=O) groups is 3. The third-order valence-corrected chi connectivity index (χ3v) is 9.51. The summed E-state index contributed by atoms with van der Waals surface area (Å²) in [5.74, 6) is 0.197. The second-order valence-corrected chi connectivity index (χ2v) is 15.8. The Bertz CT molecular complexity index is 1330. The lowest BCUT2D eigenvalue weighted by Crippen LogP contribution is -2.49. The van der Waals surface area contributed by atoms with E-state index in [1.165, 1.54) is 11.1 Å². The topological polar surface area (TPSA) is 102 Å². The molecule has 2 heterocycles. The Balaban J connectivity index is 0.000000257. The van der Waals surface area contributed by atoms with E-state index in [-0.39, 0.29) is 28.8 Å². The Kier molecular flexibility index (Phi) is 13.2. The number of Topliss-reactive ketones (excluding diaryl/α,β-unsaturated/α-hetero) is 1. The van der Waals surface area contributed by atoms with Crippen molar-refractivity contribution in [2.45, 2.75) is 109 Å². The normalized spacial score (nSPS) is 17.7. The van der Waals surface area contributed by atoms with E-state index in [0.717, 1.165) is 37.1 Å². The fourth-order valence-electron chi connectivity index (χ4n) is 6.20. The first-order valence-electron chi connectivity index (χ1n) is 16.5. The zero-order valence-corrected chi connectivity index (χ0v) is 30.7. The van der Waals surface area contributed by atoms with Gasteiger partial charge in [0.1, 0.15) is 17.0 Å². The van der Waals surface area contributed by atoms with E-state index in [4.69, 9.17) is 38.4 Å². The van der Waals surface area contributed by atoms with Crippen LogP contribution in [0.15, 0.2) is 48.5 Å². The van der Waals surface area contributed by atoms with Crippen molar-refractivity contribution >= 4 is 41.2 Å². The maximum absolute atomic E-state index is 12.3. The number of piperidine rings is 2. The average molecular weight is 691 g/mol. The Labute approximate surface area is 291 Å². The van der Waals surface area contributed by atoms with E-state index in [2.05, 4.69) is 0 Å². The van der Waals surface area contributed by atoms with Gasteiger partial charge >= 0.3 is 12.2 Å². The smallest absolute Gasteiger partial charge is 0.410 e. The summed E-state index contributed by atoms with van der Waals surface area (Å²) in [7, 11) is 0. The summed E-state index contributed by atoms with van der Waals surface area (Å²) in [5.41, 5.74) is 7.34. The van der Waals surface area contributed by atoms with Crippen molar-refractivity contribution in [2.24, 2.45) is 5.73 Å². The molecule has 2 aliphatic heterocycles. The van der Waals surface area contributed by atoms with Crippen LogP contribution < -0.4 is 5.73 Å². The second kappa shape index (κ2) is 16.1. The number of carbonyl (C=O) groups excluding carboxylic acids is 3. The van der Waals surface area contributed by atoms with Crippen LogP contribution in [-0.2, 0) is 25.1 Å². The molecule has 2 N–H and O–H groups in total. The lowest BCUT2D eigenvalue weighted by atomic mass is 9.69. The third kappa shape index (κ3) is 11.4. The lowest BCUT2D eigenvalue weighted by molar-refractivity contribution is -0.117. The number of hydrogen-bond donors (Lipinski definition) is 1. The van der Waals surface area contributed by atoms with Gasteiger partial charge in [-0.1, -0.05) is 47.5 Å². The van der Waals surface area contributed by atoms with Gasteiger partial charge in [0, 0.05) is 54.6 Å². The SMILES string of the molecule is CC(=O)CCC1(c2ccc(Cl)cc2)CCN(C(=O)OC(C)(C)C)CC1.CC(C)(C)OC(=O)N1CCC(CN)(c2ccc(Cl)cc2)CC1. The Morgan fingerprint density at radius 1 is 0.681 bits per heavy atom. The number of hydrogen-bond acceptors (Lipinski definition) is 6. The minimum Gasteiger partial charge on any atom is -0.444 e. The van der Waals surface area contributed by atoms with Crippen molar-refractivity contribution in [3.05, 3.63) is 69.7 Å². The summed E-state index contributed by atoms with van der Waals surface area (Å²) in [6.07, 6.45) is 4.16. The molecule has 2 aromatic rings. The molecule has 8 nitrogen and oxygen atoms in total. The average Bonchev–Trinajstić information content (AvgIpc) is 2.99. The molecule has 2 fully saturated rings. The summed E-state index contributed by atoms with van der Waals surface area (Å²) >= 11 is 12.0. The molecule has 2 saturated heterocycles. The molecule has 260 valence electrons. The number of amides is 2. The summed E-state index contributed by atoms with van der Waals surface area (Å²) < 4.78 is 10.9. The highest BCUT2D eigenvalue weighted by molar-refractivity contribution is 6.30. The zero-order valence-electron chi connectivity index (χ0n) is 29.2. The van der Waals surface area contributed by atoms with Crippen LogP contribution in [0.5, 0.6) is 0 Å². The van der Waals surface area contributed by atoms with E-state index >= 15 is 0 Å². The first kappa shape index (κ1) is 38.6. The van der Waals surface area contributed by atoms with Gasteiger partial charge in [-0.3, -0.25) is 0 Å². The van der Waals surface area contributed by atoms with Gasteiger partial charge in [-0.15, -0.1) is 0 Å². The van der Waals surface area contributed by atoms with Gasteiger partial charge < -0.3 is 29.8 Å². The van der Waals surface area contributed by atoms with Crippen molar-refractivity contribution in [2.75, 3.05) is 32.7 Å². The monoisotopic (exact) mass is 689 g/mol. The van der Waals surface area contributed by atoms with Crippen LogP contribution in [0.2, 0.25) is 10.0 Å². The maximum Gasteiger partial charge on any atom is 0.410 e. The Morgan fingerprint density at radius 2 is 1.02 bits per heavy atom. The van der Waals surface area contributed by atoms with Crippen molar-refractivity contribution in [3.8, 4) is 0 Å². The first-order chi connectivity index (χ1) is 21.9. The van der Waals surface area contributed by atoms with Crippen LogP contribution in [0.25, 0.3) is 0 Å². The molecule has 0 atom stereocenters. The van der Waals surface area contributed by atoms with Crippen LogP contribution in [-0.4, -0.2) is 71.7 Å². The number of nitrogens with zero attached hydrogens (tertiary/aromatic N) is 2. The van der Waals surface area contributed by atoms with Crippen LogP contribution >= 0.6 is 23.2 Å². The quantitative estimate of drug-likeness (QED) is 0.326. The molecule has 0 bridgehead atoms. The fraction of sp³-hybridized carbons (Fsp3) is 0.595. The molecule has 0 spiro atoms. The number of benzene rings is 2. The van der Waals surface area contributed by atoms with Crippen molar-refractivity contribution in [1.82, 2.24) is 9.80 Å². The van der Waals surface area contributed by atoms with E-state index in [1.807, 2.05) is 90.1 Å². The molecule has 10 heteroatoms. The van der Waals surface area contributed by atoms with Gasteiger partial charge in [0.25, 0.3) is 0 Å². The van der Waals surface area contributed by atoms with Gasteiger partial charge in [0.15, 0.2) is 0 Å². The fourth-order valence-corrected chi connectivity index (χ4v) is 6.46. The molecular weight excluding hydrogens is 637 g/mol. The molecule has 47 heavy (non-hydrogen) atoms. The molecular formula is C37H53Cl2N3O5. The molecule has 2 amide bonds. The van der Waals surface area contributed by atoms with E-state index < -0.39 is 11.2 Å². The van der Waals surface area contributed by atoms with Crippen LogP contribution in [0.4, 0.5) is 9.59 Å². The van der Waals surface area contributed by atoms with Gasteiger partial charge in [0.2, 0.25) is 0 Å². The standard InChI is InChI=1S/C20H28ClNO3.C17H25ClN2O2/c1-15(23)9-10-20(16-5-7-17(21)8-6-16)11-13-22(14-12-20)18(24)25-19(2,3)4;1-16(2,3)22-15(21)20-10-8-17(12-19,9-11-20)13-4-6-14(18)7-5-13/h5-8H,9-14H2,1-4H3;4-7H,8-12,19H2,1-3H3. The number of rotatable bonds is 6. The minimum atomic E-state index is -0.490. The van der Waals surface area contributed by atoms with Crippen molar-refractivity contribution in [1.29, 1.82) is 0 Å². The molecule has 0 aliphatic carbocycles. The van der Waals surface area contributed by atoms with E-state index in [9.17, 15) is 14.4 Å². The number of halogens is 2. The highest BCUT2D eigenvalue weighted by atomic mass is 35.5. The predicted molar refractivity (Wildman–Crippen MR) is 189 cm³/mol. The lowest BCUT2D eigenvalue weighted by Gasteiger charge is -2.42. The molecule has 2 aliphatic rings. The molecule has 0 aromatic heterocycles. The van der Waals surface area contributed by atoms with Crippen molar-refractivity contribution in [3.63, 3.8) is 0 Å². The highest BCUT2D eigenvalue weighted by Gasteiger charge is 2.39. The molecule has 0 saturated carbocycles. The largest absolute Gasteiger partial charge is 0.444 e. The summed E-state index contributed by atoms with van der Waals surface area (Å²) in [5, 5.41) is 1.43. The highest BCUT2D eigenvalue weighted by Crippen LogP contribution is 2.40. The number of ether oxygens (including phenoxy) is 2. The maximum atomic E-state index is 12.3. The van der Waals surface area contributed by atoms with Gasteiger partial charge in [-0.25, -0.2) is 9.59 Å². The zero-order chi connectivity index (χ0) is 35.0. The third-order valence-electron chi connectivity index (χ3n) is 9.00. The summed E-state index contributed by atoms with van der Waals surface area (Å²) in [6, 6.07) is 15.8. The Hall–Kier alpha value is -2.81. The predicted octanol–water partition coefficient (Wildman–Crippen LogP) is 8.55. The summed E-state index contributed by atoms with van der Waals surface area (Å²) in [4.78, 5) is 39.5. The second-order valence-electron chi connectivity index (χ2n) is 14.9. The number of likely N-dealkylation sites (tertiary alicyclic amines) is 2. The van der Waals surface area contributed by atoms with Gasteiger partial charge in [-0.05, 0) is 121 Å². The number of ketones is 1.